The Morgan fingerprint density at radius 3 is 1.12 bits per heavy atom. The van der Waals surface area contributed by atoms with E-state index in [2.05, 4.69) is 0 Å². The summed E-state index contributed by atoms with van der Waals surface area (Å²) in [5, 5.41) is 13.9. The van der Waals surface area contributed by atoms with Crippen LogP contribution in [0.1, 0.15) is 0 Å². The van der Waals surface area contributed by atoms with Gasteiger partial charge in [0.2, 0.25) is 0 Å². The average molecular weight is 188 g/mol. The van der Waals surface area contributed by atoms with Crippen LogP contribution in [0, 0.1) is 0 Å². The van der Waals surface area contributed by atoms with Gasteiger partial charge < -0.3 is 10.2 Å². The predicted molar refractivity (Wildman–Crippen MR) is 23.1 cm³/mol. The summed E-state index contributed by atoms with van der Waals surface area (Å²) in [6, 6.07) is 0. The summed E-state index contributed by atoms with van der Waals surface area (Å²) in [5.74, 6) is 0. The average Bonchev–Trinajstić information content (AvgIpc) is 1.25. The molecule has 0 heterocycles. The zero-order valence-electron chi connectivity index (χ0n) is 3.59. The quantitative estimate of drug-likeness (QED) is 0.285. The van der Waals surface area contributed by atoms with E-state index in [9.17, 15) is 0 Å². The van der Waals surface area contributed by atoms with E-state index in [0.717, 1.165) is 0 Å². The van der Waals surface area contributed by atoms with E-state index in [-0.39, 0.29) is 0 Å². The molecule has 7 heteroatoms. The van der Waals surface area contributed by atoms with Crippen molar-refractivity contribution >= 4 is 21.8 Å². The molecule has 6 nitrogen and oxygen atoms in total. The van der Waals surface area contributed by atoms with Gasteiger partial charge in [0.1, 0.15) is 0 Å². The van der Waals surface area contributed by atoms with Crippen molar-refractivity contribution in [2.45, 2.75) is 0 Å². The molecule has 0 rings (SSSR count). The van der Waals surface area contributed by atoms with Crippen molar-refractivity contribution in [1.29, 1.82) is 0 Å². The standard InChI is InChI=1S/CH2O3.AsH3O3/c2*2-1(3)4/h(H2,2,3,4);2-4H. The molecule has 0 spiro atoms. The molecule has 0 aromatic heterocycles. The van der Waals surface area contributed by atoms with Crippen LogP contribution < -0.4 is 0 Å². The molecule has 50 valence electrons. The Kier molecular flexibility index (Phi) is 8.93. The summed E-state index contributed by atoms with van der Waals surface area (Å²) in [6.07, 6.45) is -1.83. The summed E-state index contributed by atoms with van der Waals surface area (Å²) < 4.78 is 21.9. The first-order valence-electron chi connectivity index (χ1n) is 1.25. The van der Waals surface area contributed by atoms with Crippen molar-refractivity contribution < 1.29 is 27.3 Å². The monoisotopic (exact) mass is 188 g/mol. The fourth-order valence-corrected chi connectivity index (χ4v) is 0. The maximum atomic E-state index is 8.56. The first-order valence-corrected chi connectivity index (χ1v) is 3.77. The Balaban J connectivity index is 0. The number of rotatable bonds is 0. The molecule has 0 aromatic carbocycles. The zero-order valence-corrected chi connectivity index (χ0v) is 5.47. The van der Waals surface area contributed by atoms with Gasteiger partial charge in [0.25, 0.3) is 0 Å². The van der Waals surface area contributed by atoms with Crippen molar-refractivity contribution in [3.8, 4) is 0 Å². The van der Waals surface area contributed by atoms with Crippen molar-refractivity contribution in [2.75, 3.05) is 0 Å². The van der Waals surface area contributed by atoms with Gasteiger partial charge in [-0.25, -0.2) is 4.79 Å². The van der Waals surface area contributed by atoms with Gasteiger partial charge in [0.05, 0.1) is 0 Å². The third kappa shape index (κ3) is 1490. The van der Waals surface area contributed by atoms with Crippen LogP contribution in [0.2, 0.25) is 0 Å². The van der Waals surface area contributed by atoms with Crippen LogP contribution in [0.25, 0.3) is 0 Å². The summed E-state index contributed by atoms with van der Waals surface area (Å²) >= 11 is -3.19. The van der Waals surface area contributed by atoms with E-state index in [4.69, 9.17) is 27.3 Å². The Morgan fingerprint density at radius 2 is 1.12 bits per heavy atom. The van der Waals surface area contributed by atoms with Crippen LogP contribution in [-0.2, 0) is 0 Å². The molecule has 0 fully saturated rings. The summed E-state index contributed by atoms with van der Waals surface area (Å²) in [7, 11) is 0. The van der Waals surface area contributed by atoms with Gasteiger partial charge in [-0.3, -0.25) is 0 Å². The molecule has 0 amide bonds. The van der Waals surface area contributed by atoms with Crippen molar-refractivity contribution in [3.63, 3.8) is 0 Å². The third-order valence-corrected chi connectivity index (χ3v) is 0. The number of hydrogen-bond acceptors (Lipinski definition) is 4. The van der Waals surface area contributed by atoms with Gasteiger partial charge in [-0.05, 0) is 0 Å². The van der Waals surface area contributed by atoms with E-state index in [0.29, 0.717) is 0 Å². The van der Waals surface area contributed by atoms with Crippen LogP contribution in [0.5, 0.6) is 0 Å². The number of carboxylic acid groups (broad SMARTS) is 2. The number of carbonyl (C=O) groups is 1. The molecule has 0 aliphatic heterocycles. The van der Waals surface area contributed by atoms with E-state index in [1.165, 1.54) is 0 Å². The molecule has 8 heavy (non-hydrogen) atoms. The SMILES string of the molecule is O=C(O)O.O[As](O)O. The normalized spacial score (nSPS) is 7.50. The fraction of sp³-hybridized carbons (Fsp3) is 0. The molecule has 0 aliphatic rings. The maximum absolute atomic E-state index is 8.56. The van der Waals surface area contributed by atoms with Crippen molar-refractivity contribution in [2.24, 2.45) is 0 Å². The number of hydrogen-bond donors (Lipinski definition) is 5. The Bertz CT molecular complexity index is 52.8. The van der Waals surface area contributed by atoms with E-state index >= 15 is 0 Å². The van der Waals surface area contributed by atoms with E-state index in [1.807, 2.05) is 0 Å². The summed E-state index contributed by atoms with van der Waals surface area (Å²) in [5.41, 5.74) is 0. The van der Waals surface area contributed by atoms with E-state index < -0.39 is 21.8 Å². The first kappa shape index (κ1) is 10.6. The van der Waals surface area contributed by atoms with Crippen LogP contribution in [0.4, 0.5) is 4.79 Å². The van der Waals surface area contributed by atoms with Gasteiger partial charge in [-0.15, -0.1) is 0 Å². The van der Waals surface area contributed by atoms with Crippen molar-refractivity contribution in [1.82, 2.24) is 0 Å². The van der Waals surface area contributed by atoms with E-state index in [1.54, 1.807) is 0 Å². The molecule has 5 N–H and O–H groups in total. The molecular weight excluding hydrogens is 183 g/mol. The van der Waals surface area contributed by atoms with Crippen LogP contribution in [0.15, 0.2) is 0 Å². The topological polar surface area (TPSA) is 118 Å². The second kappa shape index (κ2) is 6.71. The minimum atomic E-state index is -3.19. The fourth-order valence-electron chi connectivity index (χ4n) is 0. The Hall–Kier alpha value is -0.292. The van der Waals surface area contributed by atoms with Gasteiger partial charge in [-0.1, -0.05) is 0 Å². The van der Waals surface area contributed by atoms with Gasteiger partial charge >= 0.3 is 34.1 Å². The molecule has 0 saturated carbocycles. The summed E-state index contributed by atoms with van der Waals surface area (Å²) in [4.78, 5) is 8.56. The van der Waals surface area contributed by atoms with Crippen LogP contribution in [-0.4, -0.2) is 44.3 Å². The molecule has 0 aliphatic carbocycles. The van der Waals surface area contributed by atoms with Gasteiger partial charge in [0, 0.05) is 0 Å². The van der Waals surface area contributed by atoms with Crippen molar-refractivity contribution in [3.05, 3.63) is 0 Å². The second-order valence-electron chi connectivity index (χ2n) is 0.551. The molecule has 0 radical (unpaired) electrons. The van der Waals surface area contributed by atoms with Gasteiger partial charge in [0.15, 0.2) is 0 Å². The Labute approximate surface area is 49.9 Å². The molecule has 0 saturated heterocycles. The molecule has 0 unspecified atom stereocenters. The van der Waals surface area contributed by atoms with Crippen LogP contribution in [0.3, 0.4) is 0 Å². The van der Waals surface area contributed by atoms with Gasteiger partial charge in [-0.2, -0.15) is 0 Å². The molecule has 0 bridgehead atoms. The predicted octanol–water partition coefficient (Wildman–Crippen LogP) is -1.83. The molecular formula is CH5AsO6. The summed E-state index contributed by atoms with van der Waals surface area (Å²) in [6.45, 7) is 0. The Morgan fingerprint density at radius 1 is 1.12 bits per heavy atom. The minimum absolute atomic E-state index is 1.83. The zero-order chi connectivity index (χ0) is 7.15. The second-order valence-corrected chi connectivity index (χ2v) is 1.68. The van der Waals surface area contributed by atoms with Crippen LogP contribution >= 0.6 is 0 Å². The molecule has 0 atom stereocenters. The molecule has 0 aromatic rings. The first-order chi connectivity index (χ1) is 3.46. The third-order valence-electron chi connectivity index (χ3n) is 0.